The average Bonchev–Trinajstić information content (AvgIpc) is 2.38. The average molecular weight is 277 g/mol. The standard InChI is InChI=1S/C16H23NOS/c1-12-4-2-5-13(10-12)8-9-17-16(18)14-6-3-7-15(19)11-14/h3,6-7,11-13,19H,2,4-5,8-10H2,1H3,(H,17,18). The van der Waals surface area contributed by atoms with E-state index >= 15 is 0 Å². The number of amides is 1. The number of thiol groups is 1. The van der Waals surface area contributed by atoms with Crippen molar-refractivity contribution < 1.29 is 4.79 Å². The highest BCUT2D eigenvalue weighted by Gasteiger charge is 2.18. The zero-order valence-electron chi connectivity index (χ0n) is 11.6. The fourth-order valence-corrected chi connectivity index (χ4v) is 3.19. The van der Waals surface area contributed by atoms with E-state index in [1.54, 1.807) is 6.07 Å². The lowest BCUT2D eigenvalue weighted by Crippen LogP contribution is -2.27. The van der Waals surface area contributed by atoms with E-state index in [-0.39, 0.29) is 5.91 Å². The molecule has 1 aliphatic rings. The molecule has 1 N–H and O–H groups in total. The Kier molecular flexibility index (Phi) is 5.32. The highest BCUT2D eigenvalue weighted by atomic mass is 32.1. The summed E-state index contributed by atoms with van der Waals surface area (Å²) in [6.07, 6.45) is 6.48. The Labute approximate surface area is 121 Å². The van der Waals surface area contributed by atoms with Gasteiger partial charge in [-0.05, 0) is 42.9 Å². The van der Waals surface area contributed by atoms with Crippen LogP contribution in [0.4, 0.5) is 0 Å². The van der Waals surface area contributed by atoms with E-state index in [0.717, 1.165) is 29.7 Å². The maximum Gasteiger partial charge on any atom is 0.251 e. The van der Waals surface area contributed by atoms with Crippen molar-refractivity contribution in [3.05, 3.63) is 29.8 Å². The Balaban J connectivity index is 1.75. The van der Waals surface area contributed by atoms with Crippen LogP contribution in [0.2, 0.25) is 0 Å². The normalized spacial score (nSPS) is 23.1. The Hall–Kier alpha value is -0.960. The quantitative estimate of drug-likeness (QED) is 0.802. The van der Waals surface area contributed by atoms with Crippen molar-refractivity contribution in [1.82, 2.24) is 5.32 Å². The molecule has 19 heavy (non-hydrogen) atoms. The number of hydrogen-bond donors (Lipinski definition) is 2. The molecule has 0 heterocycles. The van der Waals surface area contributed by atoms with Gasteiger partial charge >= 0.3 is 0 Å². The number of nitrogens with one attached hydrogen (secondary N) is 1. The van der Waals surface area contributed by atoms with Crippen molar-refractivity contribution in [3.63, 3.8) is 0 Å². The number of benzene rings is 1. The molecule has 2 atom stereocenters. The van der Waals surface area contributed by atoms with Gasteiger partial charge in [0, 0.05) is 17.0 Å². The lowest BCUT2D eigenvalue weighted by atomic mass is 9.81. The van der Waals surface area contributed by atoms with Gasteiger partial charge < -0.3 is 5.32 Å². The van der Waals surface area contributed by atoms with E-state index in [9.17, 15) is 4.79 Å². The smallest absolute Gasteiger partial charge is 0.251 e. The van der Waals surface area contributed by atoms with E-state index in [2.05, 4.69) is 24.9 Å². The monoisotopic (exact) mass is 277 g/mol. The highest BCUT2D eigenvalue weighted by molar-refractivity contribution is 7.80. The summed E-state index contributed by atoms with van der Waals surface area (Å²) in [5.74, 6) is 1.66. The molecule has 1 amide bonds. The molecule has 1 aromatic carbocycles. The fourth-order valence-electron chi connectivity index (χ4n) is 2.96. The summed E-state index contributed by atoms with van der Waals surface area (Å²) in [4.78, 5) is 12.8. The molecule has 3 heteroatoms. The van der Waals surface area contributed by atoms with E-state index in [1.165, 1.54) is 25.7 Å². The largest absolute Gasteiger partial charge is 0.352 e. The van der Waals surface area contributed by atoms with E-state index < -0.39 is 0 Å². The lowest BCUT2D eigenvalue weighted by Gasteiger charge is -2.26. The van der Waals surface area contributed by atoms with Crippen LogP contribution in [0.1, 0.15) is 49.4 Å². The van der Waals surface area contributed by atoms with Gasteiger partial charge in [-0.1, -0.05) is 32.3 Å². The summed E-state index contributed by atoms with van der Waals surface area (Å²) in [7, 11) is 0. The third-order valence-corrected chi connectivity index (χ3v) is 4.27. The molecular weight excluding hydrogens is 254 g/mol. The second-order valence-electron chi connectivity index (χ2n) is 5.73. The minimum absolute atomic E-state index is 0.0137. The van der Waals surface area contributed by atoms with E-state index in [0.29, 0.717) is 5.56 Å². The van der Waals surface area contributed by atoms with E-state index in [1.807, 2.05) is 18.2 Å². The zero-order chi connectivity index (χ0) is 13.7. The number of hydrogen-bond acceptors (Lipinski definition) is 2. The van der Waals surface area contributed by atoms with Crippen LogP contribution in [-0.2, 0) is 0 Å². The molecule has 104 valence electrons. The molecule has 0 spiro atoms. The summed E-state index contributed by atoms with van der Waals surface area (Å²) in [5, 5.41) is 3.02. The lowest BCUT2D eigenvalue weighted by molar-refractivity contribution is 0.0949. The molecule has 1 aromatic rings. The first-order chi connectivity index (χ1) is 9.15. The van der Waals surface area contributed by atoms with Crippen LogP contribution in [0.3, 0.4) is 0 Å². The van der Waals surface area contributed by atoms with Crippen LogP contribution in [0.25, 0.3) is 0 Å². The molecule has 2 rings (SSSR count). The van der Waals surface area contributed by atoms with Gasteiger partial charge in [0.25, 0.3) is 5.91 Å². The van der Waals surface area contributed by atoms with Gasteiger partial charge in [-0.25, -0.2) is 0 Å². The first-order valence-electron chi connectivity index (χ1n) is 7.22. The van der Waals surface area contributed by atoms with Crippen molar-refractivity contribution in [2.45, 2.75) is 43.9 Å². The van der Waals surface area contributed by atoms with Crippen LogP contribution in [0.15, 0.2) is 29.2 Å². The number of carbonyl (C=O) groups excluding carboxylic acids is 1. The molecular formula is C16H23NOS. The van der Waals surface area contributed by atoms with Gasteiger partial charge in [0.1, 0.15) is 0 Å². The third-order valence-electron chi connectivity index (χ3n) is 3.99. The summed E-state index contributed by atoms with van der Waals surface area (Å²) in [6, 6.07) is 7.38. The highest BCUT2D eigenvalue weighted by Crippen LogP contribution is 2.30. The van der Waals surface area contributed by atoms with Crippen molar-refractivity contribution in [2.24, 2.45) is 11.8 Å². The van der Waals surface area contributed by atoms with Crippen molar-refractivity contribution in [2.75, 3.05) is 6.54 Å². The summed E-state index contributed by atoms with van der Waals surface area (Å²) in [6.45, 7) is 3.12. The van der Waals surface area contributed by atoms with Crippen molar-refractivity contribution in [3.8, 4) is 0 Å². The number of rotatable bonds is 4. The molecule has 0 bridgehead atoms. The molecule has 0 saturated heterocycles. The minimum atomic E-state index is 0.0137. The Morgan fingerprint density at radius 2 is 2.26 bits per heavy atom. The minimum Gasteiger partial charge on any atom is -0.352 e. The maximum atomic E-state index is 12.0. The summed E-state index contributed by atoms with van der Waals surface area (Å²) < 4.78 is 0. The molecule has 0 radical (unpaired) electrons. The second-order valence-corrected chi connectivity index (χ2v) is 6.25. The number of carbonyl (C=O) groups is 1. The van der Waals surface area contributed by atoms with Gasteiger partial charge in [0.15, 0.2) is 0 Å². The van der Waals surface area contributed by atoms with Crippen LogP contribution < -0.4 is 5.32 Å². The topological polar surface area (TPSA) is 29.1 Å². The van der Waals surface area contributed by atoms with Crippen LogP contribution in [-0.4, -0.2) is 12.5 Å². The Bertz CT molecular complexity index is 433. The predicted octanol–water partition coefficient (Wildman–Crippen LogP) is 3.92. The van der Waals surface area contributed by atoms with Crippen molar-refractivity contribution >= 4 is 18.5 Å². The first-order valence-corrected chi connectivity index (χ1v) is 7.67. The van der Waals surface area contributed by atoms with Crippen molar-refractivity contribution in [1.29, 1.82) is 0 Å². The second kappa shape index (κ2) is 6.99. The van der Waals surface area contributed by atoms with Crippen LogP contribution in [0, 0.1) is 11.8 Å². The summed E-state index contributed by atoms with van der Waals surface area (Å²) >= 11 is 4.25. The molecule has 1 saturated carbocycles. The SMILES string of the molecule is CC1CCCC(CCNC(=O)c2cccc(S)c2)C1. The molecule has 1 fully saturated rings. The van der Waals surface area contributed by atoms with Crippen LogP contribution in [0.5, 0.6) is 0 Å². The fraction of sp³-hybridized carbons (Fsp3) is 0.562. The van der Waals surface area contributed by atoms with Crippen LogP contribution >= 0.6 is 12.6 Å². The van der Waals surface area contributed by atoms with Gasteiger partial charge in [-0.15, -0.1) is 12.6 Å². The molecule has 1 aliphatic carbocycles. The zero-order valence-corrected chi connectivity index (χ0v) is 12.5. The molecule has 0 aromatic heterocycles. The van der Waals surface area contributed by atoms with Gasteiger partial charge in [-0.2, -0.15) is 0 Å². The van der Waals surface area contributed by atoms with Gasteiger partial charge in [-0.3, -0.25) is 4.79 Å². The predicted molar refractivity (Wildman–Crippen MR) is 81.8 cm³/mol. The molecule has 2 unspecified atom stereocenters. The Morgan fingerprint density at radius 1 is 1.42 bits per heavy atom. The molecule has 0 aliphatic heterocycles. The molecule has 2 nitrogen and oxygen atoms in total. The van der Waals surface area contributed by atoms with E-state index in [4.69, 9.17) is 0 Å². The third kappa shape index (κ3) is 4.57. The van der Waals surface area contributed by atoms with Gasteiger partial charge in [0.2, 0.25) is 0 Å². The van der Waals surface area contributed by atoms with Gasteiger partial charge in [0.05, 0.1) is 0 Å². The first kappa shape index (κ1) is 14.4. The summed E-state index contributed by atoms with van der Waals surface area (Å²) in [5.41, 5.74) is 0.699. The Morgan fingerprint density at radius 3 is 3.00 bits per heavy atom. The maximum absolute atomic E-state index is 12.0.